The van der Waals surface area contributed by atoms with E-state index in [2.05, 4.69) is 37.1 Å². The van der Waals surface area contributed by atoms with Crippen LogP contribution in [-0.2, 0) is 4.79 Å². The zero-order chi connectivity index (χ0) is 18.5. The van der Waals surface area contributed by atoms with E-state index in [1.165, 1.54) is 0 Å². The second-order valence-corrected chi connectivity index (χ2v) is 7.02. The third kappa shape index (κ3) is 4.11. The first kappa shape index (κ1) is 18.1. The van der Waals surface area contributed by atoms with Gasteiger partial charge in [0.05, 0.1) is 5.52 Å². The van der Waals surface area contributed by atoms with E-state index in [0.29, 0.717) is 0 Å². The molecule has 0 atom stereocenters. The number of fused-ring (bicyclic) bond motifs is 1. The number of benzene rings is 1. The van der Waals surface area contributed by atoms with Crippen molar-refractivity contribution in [3.8, 4) is 0 Å². The summed E-state index contributed by atoms with van der Waals surface area (Å²) in [5.41, 5.74) is 2.87. The molecule has 4 nitrogen and oxygen atoms in total. The van der Waals surface area contributed by atoms with Crippen molar-refractivity contribution in [2.45, 2.75) is 20.8 Å². The predicted molar refractivity (Wildman–Crippen MR) is 112 cm³/mol. The molecule has 1 N–H and O–H groups in total. The van der Waals surface area contributed by atoms with E-state index < -0.39 is 0 Å². The van der Waals surface area contributed by atoms with E-state index in [0.717, 1.165) is 45.9 Å². The van der Waals surface area contributed by atoms with Crippen LogP contribution < -0.4 is 10.2 Å². The monoisotopic (exact) mass is 365 g/mol. The van der Waals surface area contributed by atoms with Gasteiger partial charge in [0.15, 0.2) is 0 Å². The summed E-state index contributed by atoms with van der Waals surface area (Å²) in [6, 6.07) is 11.9. The quantitative estimate of drug-likeness (QED) is 0.618. The molecule has 1 aromatic carbocycles. The van der Waals surface area contributed by atoms with Gasteiger partial charge in [0.1, 0.15) is 5.82 Å². The molecule has 0 fully saturated rings. The number of thiophene rings is 1. The van der Waals surface area contributed by atoms with Gasteiger partial charge in [0.2, 0.25) is 5.91 Å². The van der Waals surface area contributed by atoms with Crippen molar-refractivity contribution in [3.63, 3.8) is 0 Å². The highest BCUT2D eigenvalue weighted by Crippen LogP contribution is 2.25. The lowest BCUT2D eigenvalue weighted by molar-refractivity contribution is -0.111. The van der Waals surface area contributed by atoms with Crippen LogP contribution >= 0.6 is 11.3 Å². The molecule has 134 valence electrons. The number of anilines is 2. The Morgan fingerprint density at radius 2 is 2.04 bits per heavy atom. The highest BCUT2D eigenvalue weighted by molar-refractivity contribution is 7.10. The van der Waals surface area contributed by atoms with Crippen LogP contribution in [0.1, 0.15) is 24.3 Å². The molecule has 0 bridgehead atoms. The number of aryl methyl sites for hydroxylation is 1. The first-order valence-corrected chi connectivity index (χ1v) is 9.67. The summed E-state index contributed by atoms with van der Waals surface area (Å²) in [5, 5.41) is 5.97. The lowest BCUT2D eigenvalue weighted by Gasteiger charge is -2.21. The lowest BCUT2D eigenvalue weighted by atomic mass is 10.1. The molecular formula is C21H23N3OS. The van der Waals surface area contributed by atoms with Crippen molar-refractivity contribution >= 4 is 45.7 Å². The maximum atomic E-state index is 12.1. The minimum Gasteiger partial charge on any atom is -0.357 e. The van der Waals surface area contributed by atoms with E-state index in [1.807, 2.05) is 41.8 Å². The Morgan fingerprint density at radius 1 is 1.23 bits per heavy atom. The van der Waals surface area contributed by atoms with Crippen LogP contribution in [0.2, 0.25) is 0 Å². The fourth-order valence-corrected chi connectivity index (χ4v) is 3.51. The van der Waals surface area contributed by atoms with Crippen molar-refractivity contribution in [2.24, 2.45) is 0 Å². The number of carbonyl (C=O) groups excluding carboxylic acids is 1. The Hall–Kier alpha value is -2.66. The fourth-order valence-electron chi connectivity index (χ4n) is 2.89. The number of rotatable bonds is 6. The van der Waals surface area contributed by atoms with Crippen LogP contribution in [0.15, 0.2) is 47.9 Å². The van der Waals surface area contributed by atoms with Crippen LogP contribution in [0, 0.1) is 6.92 Å². The van der Waals surface area contributed by atoms with Gasteiger partial charge in [-0.15, -0.1) is 11.3 Å². The summed E-state index contributed by atoms with van der Waals surface area (Å²) in [6.07, 6.45) is 3.38. The highest BCUT2D eigenvalue weighted by Gasteiger charge is 2.09. The zero-order valence-electron chi connectivity index (χ0n) is 15.3. The van der Waals surface area contributed by atoms with E-state index in [-0.39, 0.29) is 5.91 Å². The molecule has 3 rings (SSSR count). The van der Waals surface area contributed by atoms with Crippen molar-refractivity contribution in [3.05, 3.63) is 58.3 Å². The van der Waals surface area contributed by atoms with Gasteiger partial charge in [0.25, 0.3) is 0 Å². The average molecular weight is 366 g/mol. The Balaban J connectivity index is 1.81. The number of hydrogen-bond acceptors (Lipinski definition) is 4. The minimum absolute atomic E-state index is 0.136. The molecule has 5 heteroatoms. The van der Waals surface area contributed by atoms with E-state index in [9.17, 15) is 4.79 Å². The second kappa shape index (κ2) is 8.15. The number of aromatic nitrogens is 1. The molecule has 0 spiro atoms. The molecule has 0 aliphatic heterocycles. The first-order chi connectivity index (χ1) is 12.6. The van der Waals surface area contributed by atoms with Crippen LogP contribution in [0.3, 0.4) is 0 Å². The van der Waals surface area contributed by atoms with Crippen molar-refractivity contribution in [1.29, 1.82) is 0 Å². The van der Waals surface area contributed by atoms with E-state index in [4.69, 9.17) is 4.98 Å². The molecule has 1 amide bonds. The summed E-state index contributed by atoms with van der Waals surface area (Å²) in [7, 11) is 0. The zero-order valence-corrected chi connectivity index (χ0v) is 16.1. The molecule has 0 saturated carbocycles. The number of amides is 1. The summed E-state index contributed by atoms with van der Waals surface area (Å²) < 4.78 is 0. The largest absolute Gasteiger partial charge is 0.357 e. The van der Waals surface area contributed by atoms with Gasteiger partial charge >= 0.3 is 0 Å². The standard InChI is InChI=1S/C21H23N3OS/c1-4-24(5-2)20-13-15(3)18-14-16(8-10-19(18)23-20)22-21(25)11-9-17-7-6-12-26-17/h6-14H,4-5H2,1-3H3,(H,22,25). The highest BCUT2D eigenvalue weighted by atomic mass is 32.1. The van der Waals surface area contributed by atoms with Crippen molar-refractivity contribution in [2.75, 3.05) is 23.3 Å². The summed E-state index contributed by atoms with van der Waals surface area (Å²) in [6.45, 7) is 8.21. The van der Waals surface area contributed by atoms with Crippen molar-refractivity contribution < 1.29 is 4.79 Å². The number of carbonyl (C=O) groups is 1. The molecular weight excluding hydrogens is 342 g/mol. The number of nitrogens with zero attached hydrogens (tertiary/aromatic N) is 2. The molecule has 0 unspecified atom stereocenters. The SMILES string of the molecule is CCN(CC)c1cc(C)c2cc(NC(=O)C=Cc3cccs3)ccc2n1. The summed E-state index contributed by atoms with van der Waals surface area (Å²) in [4.78, 5) is 20.2. The Morgan fingerprint density at radius 3 is 2.73 bits per heavy atom. The fraction of sp³-hybridized carbons (Fsp3) is 0.238. The molecule has 0 aliphatic rings. The summed E-state index contributed by atoms with van der Waals surface area (Å²) >= 11 is 1.60. The molecule has 2 aromatic heterocycles. The van der Waals surface area contributed by atoms with Crippen molar-refractivity contribution in [1.82, 2.24) is 4.98 Å². The number of hydrogen-bond donors (Lipinski definition) is 1. The third-order valence-corrected chi connectivity index (χ3v) is 5.14. The van der Waals surface area contributed by atoms with Crippen LogP contribution in [-0.4, -0.2) is 24.0 Å². The van der Waals surface area contributed by atoms with Gasteiger partial charge in [-0.3, -0.25) is 4.79 Å². The average Bonchev–Trinajstić information content (AvgIpc) is 3.15. The smallest absolute Gasteiger partial charge is 0.248 e. The molecule has 0 saturated heterocycles. The molecule has 3 aromatic rings. The first-order valence-electron chi connectivity index (χ1n) is 8.79. The topological polar surface area (TPSA) is 45.2 Å². The van der Waals surface area contributed by atoms with Gasteiger partial charge in [-0.1, -0.05) is 6.07 Å². The molecule has 2 heterocycles. The summed E-state index contributed by atoms with van der Waals surface area (Å²) in [5.74, 6) is 0.860. The van der Waals surface area contributed by atoms with Gasteiger partial charge in [-0.2, -0.15) is 0 Å². The van der Waals surface area contributed by atoms with Gasteiger partial charge in [-0.25, -0.2) is 4.98 Å². The Labute approximate surface area is 158 Å². The molecule has 0 radical (unpaired) electrons. The van der Waals surface area contributed by atoms with Gasteiger partial charge in [-0.05, 0) is 68.1 Å². The van der Waals surface area contributed by atoms with Crippen LogP contribution in [0.5, 0.6) is 0 Å². The molecule has 26 heavy (non-hydrogen) atoms. The van der Waals surface area contributed by atoms with Crippen LogP contribution in [0.4, 0.5) is 11.5 Å². The predicted octanol–water partition coefficient (Wildman–Crippen LogP) is 5.10. The van der Waals surface area contributed by atoms with Gasteiger partial charge < -0.3 is 10.2 Å². The number of nitrogens with one attached hydrogen (secondary N) is 1. The Bertz CT molecular complexity index is 928. The maximum absolute atomic E-state index is 12.1. The van der Waals surface area contributed by atoms with E-state index >= 15 is 0 Å². The van der Waals surface area contributed by atoms with Crippen LogP contribution in [0.25, 0.3) is 17.0 Å². The minimum atomic E-state index is -0.136. The van der Waals surface area contributed by atoms with Gasteiger partial charge in [0, 0.05) is 35.1 Å². The lowest BCUT2D eigenvalue weighted by Crippen LogP contribution is -2.23. The third-order valence-electron chi connectivity index (χ3n) is 4.30. The molecule has 0 aliphatic carbocycles. The number of pyridine rings is 1. The maximum Gasteiger partial charge on any atom is 0.248 e. The van der Waals surface area contributed by atoms with E-state index in [1.54, 1.807) is 17.4 Å². The second-order valence-electron chi connectivity index (χ2n) is 6.04. The normalized spacial score (nSPS) is 11.2. The Kier molecular flexibility index (Phi) is 5.68.